The van der Waals surface area contributed by atoms with Gasteiger partial charge in [0.1, 0.15) is 18.1 Å². The van der Waals surface area contributed by atoms with E-state index in [1.165, 1.54) is 31.7 Å². The summed E-state index contributed by atoms with van der Waals surface area (Å²) in [6.07, 6.45) is 1.89. The van der Waals surface area contributed by atoms with Crippen LogP contribution in [0.1, 0.15) is 0 Å². The Bertz CT molecular complexity index is 1500. The van der Waals surface area contributed by atoms with Gasteiger partial charge in [0, 0.05) is 0 Å². The first-order valence-electron chi connectivity index (χ1n) is 12.7. The van der Waals surface area contributed by atoms with Gasteiger partial charge in [-0.25, -0.2) is 0 Å². The fourth-order valence-electron chi connectivity index (χ4n) is 6.08. The van der Waals surface area contributed by atoms with Crippen LogP contribution in [-0.2, 0) is 0 Å². The van der Waals surface area contributed by atoms with Crippen molar-refractivity contribution in [3.63, 3.8) is 0 Å². The monoisotopic (exact) mass is 492 g/mol. The van der Waals surface area contributed by atoms with Crippen molar-refractivity contribution in [1.29, 1.82) is 0 Å². The minimum Gasteiger partial charge on any atom is -0.490 e. The molecule has 2 aliphatic heterocycles. The zero-order chi connectivity index (χ0) is 24.7. The second-order valence-corrected chi connectivity index (χ2v) is 13.5. The molecule has 2 aliphatic rings. The molecule has 176 valence electrons. The SMILES string of the molecule is C1=C2COc3ccc([Si](c4ccccc4)(c4ccccc4)c4ccccc4)cc3B2c2ccccc2O1. The second-order valence-electron chi connectivity index (χ2n) is 9.67. The molecule has 0 saturated carbocycles. The van der Waals surface area contributed by atoms with Crippen molar-refractivity contribution in [2.75, 3.05) is 6.61 Å². The van der Waals surface area contributed by atoms with E-state index >= 15 is 0 Å². The Kier molecular flexibility index (Phi) is 5.33. The topological polar surface area (TPSA) is 18.5 Å². The third-order valence-corrected chi connectivity index (χ3v) is 12.5. The molecule has 4 heteroatoms. The van der Waals surface area contributed by atoms with Gasteiger partial charge >= 0.3 is 0 Å². The van der Waals surface area contributed by atoms with Crippen molar-refractivity contribution < 1.29 is 9.47 Å². The number of fused-ring (bicyclic) bond motifs is 5. The van der Waals surface area contributed by atoms with Crippen LogP contribution < -0.4 is 41.1 Å². The lowest BCUT2D eigenvalue weighted by Crippen LogP contribution is -2.75. The molecule has 2 nitrogen and oxygen atoms in total. The van der Waals surface area contributed by atoms with Crippen molar-refractivity contribution in [3.05, 3.63) is 145 Å². The Morgan fingerprint density at radius 2 is 1.08 bits per heavy atom. The molecule has 2 heterocycles. The first-order chi connectivity index (χ1) is 18.4. The molecule has 0 atom stereocenters. The van der Waals surface area contributed by atoms with Gasteiger partial charge in [-0.15, -0.1) is 0 Å². The van der Waals surface area contributed by atoms with Crippen LogP contribution >= 0.6 is 0 Å². The van der Waals surface area contributed by atoms with Crippen molar-refractivity contribution in [2.45, 2.75) is 0 Å². The van der Waals surface area contributed by atoms with Gasteiger partial charge in [-0.3, -0.25) is 0 Å². The molecule has 0 radical (unpaired) electrons. The zero-order valence-electron chi connectivity index (χ0n) is 20.4. The minimum absolute atomic E-state index is 0.127. The van der Waals surface area contributed by atoms with E-state index in [2.05, 4.69) is 127 Å². The summed E-state index contributed by atoms with van der Waals surface area (Å²) in [7, 11) is -2.61. The third kappa shape index (κ3) is 3.48. The maximum absolute atomic E-state index is 6.26. The molecule has 0 saturated heterocycles. The van der Waals surface area contributed by atoms with Crippen molar-refractivity contribution in [1.82, 2.24) is 0 Å². The van der Waals surface area contributed by atoms with Gasteiger partial charge in [0.05, 0.1) is 6.26 Å². The minimum atomic E-state index is -2.61. The summed E-state index contributed by atoms with van der Waals surface area (Å²) in [4.78, 5) is 0. The van der Waals surface area contributed by atoms with Crippen molar-refractivity contribution in [2.24, 2.45) is 0 Å². The molecular formula is C33H25BO2Si. The lowest BCUT2D eigenvalue weighted by molar-refractivity contribution is 0.349. The van der Waals surface area contributed by atoms with Crippen molar-refractivity contribution >= 4 is 46.5 Å². The Labute approximate surface area is 218 Å². The van der Waals surface area contributed by atoms with Gasteiger partial charge < -0.3 is 9.47 Å². The average Bonchev–Trinajstić information content (AvgIpc) is 2.99. The second kappa shape index (κ2) is 8.99. The first-order valence-corrected chi connectivity index (χ1v) is 14.7. The van der Waals surface area contributed by atoms with Crippen LogP contribution in [0, 0.1) is 0 Å². The fourth-order valence-corrected chi connectivity index (χ4v) is 10.9. The predicted octanol–water partition coefficient (Wildman–Crippen LogP) is 2.88. The molecular weight excluding hydrogens is 467 g/mol. The molecule has 0 unspecified atom stereocenters. The van der Waals surface area contributed by atoms with Gasteiger partial charge in [-0.2, -0.15) is 0 Å². The average molecular weight is 492 g/mol. The lowest BCUT2D eigenvalue weighted by atomic mass is 9.35. The standard InChI is InChI=1S/C33H25BO2Si/c1-4-12-26(13-5-1)37(27-14-6-2-7-15-27,28-16-8-3-9-17-28)29-20-21-33-31(22-29)34-25(24-36-33)23-35-32-19-11-10-18-30(32)34/h1-23H,24H2. The first kappa shape index (κ1) is 22.0. The van der Waals surface area contributed by atoms with E-state index in [0.717, 1.165) is 17.0 Å². The summed E-state index contributed by atoms with van der Waals surface area (Å²) >= 11 is 0. The molecule has 7 rings (SSSR count). The van der Waals surface area contributed by atoms with Crippen LogP contribution in [0.5, 0.6) is 11.5 Å². The maximum Gasteiger partial charge on any atom is 0.254 e. The number of hydrogen-bond donors (Lipinski definition) is 0. The number of rotatable bonds is 4. The van der Waals surface area contributed by atoms with Crippen LogP contribution in [0.4, 0.5) is 0 Å². The molecule has 0 N–H and O–H groups in total. The van der Waals surface area contributed by atoms with Gasteiger partial charge in [-0.05, 0) is 49.3 Å². The van der Waals surface area contributed by atoms with E-state index in [0.29, 0.717) is 6.61 Å². The van der Waals surface area contributed by atoms with Gasteiger partial charge in [0.15, 0.2) is 8.07 Å². The van der Waals surface area contributed by atoms with Gasteiger partial charge in [0.25, 0.3) is 6.71 Å². The smallest absolute Gasteiger partial charge is 0.254 e. The molecule has 5 aromatic rings. The highest BCUT2D eigenvalue weighted by Gasteiger charge is 2.43. The highest BCUT2D eigenvalue weighted by atomic mass is 28.3. The van der Waals surface area contributed by atoms with E-state index in [-0.39, 0.29) is 6.71 Å². The molecule has 0 amide bonds. The van der Waals surface area contributed by atoms with Gasteiger partial charge in [0.2, 0.25) is 0 Å². The molecule has 0 bridgehead atoms. The zero-order valence-corrected chi connectivity index (χ0v) is 21.4. The van der Waals surface area contributed by atoms with Gasteiger partial charge in [-0.1, -0.05) is 121 Å². The van der Waals surface area contributed by atoms with E-state index in [4.69, 9.17) is 9.47 Å². The normalized spacial score (nSPS) is 13.8. The van der Waals surface area contributed by atoms with Crippen LogP contribution in [0.25, 0.3) is 0 Å². The van der Waals surface area contributed by atoms with E-state index in [1.54, 1.807) is 0 Å². The molecule has 37 heavy (non-hydrogen) atoms. The number of hydrogen-bond acceptors (Lipinski definition) is 2. The summed E-state index contributed by atoms with van der Waals surface area (Å²) in [6.45, 7) is 0.673. The van der Waals surface area contributed by atoms with Crippen LogP contribution in [0.3, 0.4) is 0 Å². The molecule has 0 fully saturated rings. The Hall–Kier alpha value is -4.28. The number of para-hydroxylation sites is 1. The third-order valence-electron chi connectivity index (χ3n) is 7.71. The van der Waals surface area contributed by atoms with Crippen LogP contribution in [0.15, 0.2) is 145 Å². The molecule has 0 aromatic heterocycles. The van der Waals surface area contributed by atoms with E-state index in [1.807, 2.05) is 12.3 Å². The Balaban J connectivity index is 1.53. The summed E-state index contributed by atoms with van der Waals surface area (Å²) in [5, 5.41) is 5.45. The van der Waals surface area contributed by atoms with Crippen molar-refractivity contribution in [3.8, 4) is 11.5 Å². The highest BCUT2D eigenvalue weighted by molar-refractivity contribution is 7.20. The summed E-state index contributed by atoms with van der Waals surface area (Å²) < 4.78 is 12.2. The number of benzene rings is 5. The Morgan fingerprint density at radius 1 is 0.514 bits per heavy atom. The summed E-state index contributed by atoms with van der Waals surface area (Å²) in [5.74, 6) is 1.88. The molecule has 0 spiro atoms. The molecule has 0 aliphatic carbocycles. The fraction of sp³-hybridized carbons (Fsp3) is 0.0303. The van der Waals surface area contributed by atoms with Crippen LogP contribution in [-0.4, -0.2) is 21.4 Å². The lowest BCUT2D eigenvalue weighted by Gasteiger charge is -2.36. The van der Waals surface area contributed by atoms with Crippen LogP contribution in [0.2, 0.25) is 0 Å². The van der Waals surface area contributed by atoms with E-state index < -0.39 is 8.07 Å². The summed E-state index contributed by atoms with van der Waals surface area (Å²) in [6, 6.07) is 48.4. The number of ether oxygens (including phenoxy) is 2. The highest BCUT2D eigenvalue weighted by Crippen LogP contribution is 2.25. The quantitative estimate of drug-likeness (QED) is 0.284. The summed E-state index contributed by atoms with van der Waals surface area (Å²) in [5.41, 5.74) is 3.58. The predicted molar refractivity (Wildman–Crippen MR) is 156 cm³/mol. The largest absolute Gasteiger partial charge is 0.490 e. The molecule has 5 aromatic carbocycles. The maximum atomic E-state index is 6.26. The van der Waals surface area contributed by atoms with E-state index in [9.17, 15) is 0 Å². The Morgan fingerprint density at radius 3 is 1.70 bits per heavy atom.